The molecule has 18 heavy (non-hydrogen) atoms. The third kappa shape index (κ3) is 4.74. The molecule has 0 heterocycles. The molecular weight excluding hydrogens is 264 g/mol. The van der Waals surface area contributed by atoms with E-state index in [1.807, 2.05) is 24.3 Å². The van der Waals surface area contributed by atoms with Gasteiger partial charge in [0.25, 0.3) is 0 Å². The smallest absolute Gasteiger partial charge is 0.119 e. The summed E-state index contributed by atoms with van der Waals surface area (Å²) in [6, 6.07) is 7.56. The third-order valence-electron chi connectivity index (χ3n) is 3.25. The van der Waals surface area contributed by atoms with Gasteiger partial charge in [0, 0.05) is 10.4 Å². The van der Waals surface area contributed by atoms with E-state index >= 15 is 0 Å². The number of benzene rings is 1. The van der Waals surface area contributed by atoms with Crippen molar-refractivity contribution in [2.45, 2.75) is 39.5 Å². The molecule has 0 spiro atoms. The van der Waals surface area contributed by atoms with E-state index in [1.54, 1.807) is 0 Å². The van der Waals surface area contributed by atoms with Crippen LogP contribution >= 0.6 is 24.2 Å². The van der Waals surface area contributed by atoms with Crippen LogP contribution in [0.3, 0.4) is 0 Å². The molecule has 0 aliphatic heterocycles. The average Bonchev–Trinajstić information content (AvgIpc) is 2.38. The van der Waals surface area contributed by atoms with Gasteiger partial charge in [-0.3, -0.25) is 0 Å². The van der Waals surface area contributed by atoms with E-state index in [-0.39, 0.29) is 5.41 Å². The van der Waals surface area contributed by atoms with Gasteiger partial charge in [0.1, 0.15) is 5.75 Å². The summed E-state index contributed by atoms with van der Waals surface area (Å²) in [5.74, 6) is 1.76. The standard InChI is InChI=1S/C15H23ClOS/c1-3-9-15(12-18,10-4-2)11-17-14-7-5-13(16)6-8-14/h5-8,18H,3-4,9-12H2,1-2H3. The molecule has 0 saturated heterocycles. The number of hydrogen-bond donors (Lipinski definition) is 1. The molecule has 102 valence electrons. The summed E-state index contributed by atoms with van der Waals surface area (Å²) in [6.45, 7) is 5.17. The van der Waals surface area contributed by atoms with Crippen LogP contribution in [0.2, 0.25) is 5.02 Å². The van der Waals surface area contributed by atoms with Crippen LogP contribution < -0.4 is 4.74 Å². The Morgan fingerprint density at radius 2 is 1.67 bits per heavy atom. The molecule has 0 unspecified atom stereocenters. The number of halogens is 1. The first-order chi connectivity index (χ1) is 8.65. The van der Waals surface area contributed by atoms with Crippen molar-refractivity contribution >= 4 is 24.2 Å². The maximum absolute atomic E-state index is 5.91. The molecule has 0 amide bonds. The molecule has 1 nitrogen and oxygen atoms in total. The minimum absolute atomic E-state index is 0.201. The predicted octanol–water partition coefficient (Wildman–Crippen LogP) is 5.24. The molecule has 3 heteroatoms. The van der Waals surface area contributed by atoms with Crippen LogP contribution in [0.4, 0.5) is 0 Å². The first kappa shape index (κ1) is 15.7. The van der Waals surface area contributed by atoms with Crippen molar-refractivity contribution in [1.29, 1.82) is 0 Å². The molecule has 0 aliphatic rings. The minimum atomic E-state index is 0.201. The van der Waals surface area contributed by atoms with E-state index in [2.05, 4.69) is 26.5 Å². The predicted molar refractivity (Wildman–Crippen MR) is 83.0 cm³/mol. The Morgan fingerprint density at radius 3 is 2.11 bits per heavy atom. The summed E-state index contributed by atoms with van der Waals surface area (Å²) < 4.78 is 5.91. The van der Waals surface area contributed by atoms with Crippen LogP contribution in [0.15, 0.2) is 24.3 Å². The Kier molecular flexibility index (Phi) is 6.95. The topological polar surface area (TPSA) is 9.23 Å². The maximum atomic E-state index is 5.91. The van der Waals surface area contributed by atoms with Crippen molar-refractivity contribution in [3.05, 3.63) is 29.3 Å². The highest BCUT2D eigenvalue weighted by Gasteiger charge is 2.27. The lowest BCUT2D eigenvalue weighted by atomic mass is 9.82. The summed E-state index contributed by atoms with van der Waals surface area (Å²) in [6.07, 6.45) is 4.67. The van der Waals surface area contributed by atoms with Gasteiger partial charge >= 0.3 is 0 Å². The van der Waals surface area contributed by atoms with Gasteiger partial charge in [-0.15, -0.1) is 0 Å². The van der Waals surface area contributed by atoms with E-state index in [1.165, 1.54) is 12.8 Å². The van der Waals surface area contributed by atoms with Gasteiger partial charge in [-0.2, -0.15) is 12.6 Å². The van der Waals surface area contributed by atoms with Gasteiger partial charge in [-0.25, -0.2) is 0 Å². The van der Waals surface area contributed by atoms with E-state index in [0.717, 1.165) is 36.0 Å². The zero-order chi connectivity index (χ0) is 13.4. The minimum Gasteiger partial charge on any atom is -0.493 e. The van der Waals surface area contributed by atoms with Crippen LogP contribution in [-0.2, 0) is 0 Å². The normalized spacial score (nSPS) is 11.6. The van der Waals surface area contributed by atoms with Crippen LogP contribution in [0, 0.1) is 5.41 Å². The third-order valence-corrected chi connectivity index (χ3v) is 4.18. The Balaban J connectivity index is 2.63. The van der Waals surface area contributed by atoms with Gasteiger partial charge in [-0.1, -0.05) is 38.3 Å². The quantitative estimate of drug-likeness (QED) is 0.643. The summed E-state index contributed by atoms with van der Waals surface area (Å²) in [5, 5.41) is 0.741. The molecule has 0 atom stereocenters. The molecule has 0 saturated carbocycles. The molecule has 1 aromatic rings. The lowest BCUT2D eigenvalue weighted by Crippen LogP contribution is -2.30. The highest BCUT2D eigenvalue weighted by Crippen LogP contribution is 2.32. The fourth-order valence-corrected chi connectivity index (χ4v) is 2.83. The van der Waals surface area contributed by atoms with Crippen molar-refractivity contribution in [3.8, 4) is 5.75 Å². The number of thiol groups is 1. The molecule has 1 aromatic carbocycles. The van der Waals surface area contributed by atoms with Crippen LogP contribution in [0.25, 0.3) is 0 Å². The maximum Gasteiger partial charge on any atom is 0.119 e. The van der Waals surface area contributed by atoms with Crippen LogP contribution in [0.1, 0.15) is 39.5 Å². The highest BCUT2D eigenvalue weighted by atomic mass is 35.5. The van der Waals surface area contributed by atoms with Gasteiger partial charge in [-0.05, 0) is 42.9 Å². The van der Waals surface area contributed by atoms with E-state index in [9.17, 15) is 0 Å². The average molecular weight is 287 g/mol. The van der Waals surface area contributed by atoms with Crippen molar-refractivity contribution in [1.82, 2.24) is 0 Å². The molecule has 0 aliphatic carbocycles. The summed E-state index contributed by atoms with van der Waals surface area (Å²) in [5.41, 5.74) is 0.201. The fourth-order valence-electron chi connectivity index (χ4n) is 2.30. The Bertz CT molecular complexity index is 331. The number of ether oxygens (including phenoxy) is 1. The van der Waals surface area contributed by atoms with Crippen molar-refractivity contribution in [3.63, 3.8) is 0 Å². The second-order valence-corrected chi connectivity index (χ2v) is 5.65. The van der Waals surface area contributed by atoms with Crippen molar-refractivity contribution in [2.24, 2.45) is 5.41 Å². The number of rotatable bonds is 8. The Hall–Kier alpha value is -0.340. The molecule has 0 radical (unpaired) electrons. The Labute approximate surface area is 121 Å². The van der Waals surface area contributed by atoms with E-state index in [0.29, 0.717) is 0 Å². The van der Waals surface area contributed by atoms with Gasteiger partial charge in [0.2, 0.25) is 0 Å². The molecule has 1 rings (SSSR count). The number of hydrogen-bond acceptors (Lipinski definition) is 2. The van der Waals surface area contributed by atoms with E-state index in [4.69, 9.17) is 16.3 Å². The van der Waals surface area contributed by atoms with Gasteiger partial charge in [0.15, 0.2) is 0 Å². The van der Waals surface area contributed by atoms with E-state index < -0.39 is 0 Å². The molecule has 0 bridgehead atoms. The lowest BCUT2D eigenvalue weighted by Gasteiger charge is -2.31. The van der Waals surface area contributed by atoms with Crippen molar-refractivity contribution in [2.75, 3.05) is 12.4 Å². The zero-order valence-electron chi connectivity index (χ0n) is 11.3. The first-order valence-electron chi connectivity index (χ1n) is 6.65. The largest absolute Gasteiger partial charge is 0.493 e. The lowest BCUT2D eigenvalue weighted by molar-refractivity contribution is 0.143. The van der Waals surface area contributed by atoms with Crippen LogP contribution in [-0.4, -0.2) is 12.4 Å². The second kappa shape index (κ2) is 7.96. The van der Waals surface area contributed by atoms with Crippen LogP contribution in [0.5, 0.6) is 5.75 Å². The fraction of sp³-hybridized carbons (Fsp3) is 0.600. The summed E-state index contributed by atoms with van der Waals surface area (Å²) in [4.78, 5) is 0. The van der Waals surface area contributed by atoms with Gasteiger partial charge in [0.05, 0.1) is 6.61 Å². The SMILES string of the molecule is CCCC(CS)(CCC)COc1ccc(Cl)cc1. The zero-order valence-corrected chi connectivity index (χ0v) is 12.9. The molecule has 0 fully saturated rings. The van der Waals surface area contributed by atoms with Crippen molar-refractivity contribution < 1.29 is 4.74 Å². The first-order valence-corrected chi connectivity index (χ1v) is 7.66. The second-order valence-electron chi connectivity index (χ2n) is 4.90. The molecule has 0 N–H and O–H groups in total. The molecule has 0 aromatic heterocycles. The van der Waals surface area contributed by atoms with Gasteiger partial charge < -0.3 is 4.74 Å². The summed E-state index contributed by atoms with van der Waals surface area (Å²) >= 11 is 10.4. The highest BCUT2D eigenvalue weighted by molar-refractivity contribution is 7.80. The summed E-state index contributed by atoms with van der Waals surface area (Å²) in [7, 11) is 0. The molecular formula is C15H23ClOS. The Morgan fingerprint density at radius 1 is 1.11 bits per heavy atom. The monoisotopic (exact) mass is 286 g/mol.